The number of esters is 1. The Balaban J connectivity index is 3.15. The van der Waals surface area contributed by atoms with Gasteiger partial charge in [0, 0.05) is 18.8 Å². The molecule has 0 radical (unpaired) electrons. The Morgan fingerprint density at radius 3 is 2.40 bits per heavy atom. The quantitative estimate of drug-likeness (QED) is 0.604. The Kier molecular flexibility index (Phi) is 5.61. The van der Waals surface area contributed by atoms with E-state index in [9.17, 15) is 14.7 Å². The molecule has 0 amide bonds. The third-order valence-electron chi connectivity index (χ3n) is 2.91. The van der Waals surface area contributed by atoms with Crippen LogP contribution in [0.15, 0.2) is 18.5 Å². The Hall–Kier alpha value is -1.98. The maximum absolute atomic E-state index is 12.2. The fourth-order valence-electron chi connectivity index (χ4n) is 2.14. The average molecular weight is 280 g/mol. The van der Waals surface area contributed by atoms with Crippen molar-refractivity contribution < 1.29 is 19.4 Å². The van der Waals surface area contributed by atoms with Crippen LogP contribution in [0.25, 0.3) is 0 Å². The first-order valence-corrected chi connectivity index (χ1v) is 6.59. The summed E-state index contributed by atoms with van der Waals surface area (Å²) >= 11 is 0. The Morgan fingerprint density at radius 1 is 1.35 bits per heavy atom. The number of aromatic nitrogens is 2. The number of carboxylic acids is 1. The zero-order chi connectivity index (χ0) is 15.2. The van der Waals surface area contributed by atoms with E-state index in [1.54, 1.807) is 13.0 Å². The summed E-state index contributed by atoms with van der Waals surface area (Å²) in [5, 5.41) is 9.57. The molecule has 110 valence electrons. The molecule has 0 fully saturated rings. The van der Waals surface area contributed by atoms with E-state index in [4.69, 9.17) is 4.74 Å². The first kappa shape index (κ1) is 16.1. The lowest BCUT2D eigenvalue weighted by molar-refractivity contribution is -0.170. The van der Waals surface area contributed by atoms with Gasteiger partial charge < -0.3 is 9.84 Å². The number of aliphatic carboxylic acids is 1. The molecule has 1 N–H and O–H groups in total. The van der Waals surface area contributed by atoms with E-state index in [0.29, 0.717) is 5.82 Å². The lowest BCUT2D eigenvalue weighted by Crippen LogP contribution is -2.44. The van der Waals surface area contributed by atoms with Gasteiger partial charge in [-0.2, -0.15) is 0 Å². The van der Waals surface area contributed by atoms with Crippen molar-refractivity contribution in [2.75, 3.05) is 6.61 Å². The zero-order valence-electron chi connectivity index (χ0n) is 12.0. The van der Waals surface area contributed by atoms with Crippen LogP contribution in [0.2, 0.25) is 0 Å². The van der Waals surface area contributed by atoms with E-state index < -0.39 is 17.4 Å². The van der Waals surface area contributed by atoms with Gasteiger partial charge in [-0.15, -0.1) is 0 Å². The van der Waals surface area contributed by atoms with Crippen molar-refractivity contribution in [3.63, 3.8) is 0 Å². The van der Waals surface area contributed by atoms with E-state index in [-0.39, 0.29) is 25.4 Å². The highest BCUT2D eigenvalue weighted by Crippen LogP contribution is 2.32. The summed E-state index contributed by atoms with van der Waals surface area (Å²) in [5.74, 6) is -1.58. The molecule has 6 nitrogen and oxygen atoms in total. The van der Waals surface area contributed by atoms with E-state index in [1.165, 1.54) is 12.4 Å². The van der Waals surface area contributed by atoms with Gasteiger partial charge in [-0.05, 0) is 25.3 Å². The minimum Gasteiger partial charge on any atom is -0.480 e. The van der Waals surface area contributed by atoms with E-state index in [2.05, 4.69) is 9.97 Å². The molecular formula is C14H20N2O4. The summed E-state index contributed by atoms with van der Waals surface area (Å²) in [6, 6.07) is 1.64. The van der Waals surface area contributed by atoms with Gasteiger partial charge in [-0.3, -0.25) is 9.59 Å². The second kappa shape index (κ2) is 6.98. The Morgan fingerprint density at radius 2 is 1.95 bits per heavy atom. The van der Waals surface area contributed by atoms with Crippen LogP contribution in [-0.2, 0) is 20.7 Å². The van der Waals surface area contributed by atoms with Crippen LogP contribution in [0.5, 0.6) is 0 Å². The SMILES string of the molecule is CCOC(=O)C(Cc1ncccn1)(CC(C)C)C(=O)O. The summed E-state index contributed by atoms with van der Waals surface area (Å²) in [5.41, 5.74) is -1.63. The molecule has 20 heavy (non-hydrogen) atoms. The van der Waals surface area contributed by atoms with Gasteiger partial charge in [0.25, 0.3) is 0 Å². The molecule has 1 atom stereocenters. The lowest BCUT2D eigenvalue weighted by atomic mass is 9.77. The molecule has 1 aromatic rings. The summed E-state index contributed by atoms with van der Waals surface area (Å²) in [7, 11) is 0. The molecule has 0 aliphatic rings. The monoisotopic (exact) mass is 280 g/mol. The molecule has 0 saturated heterocycles. The molecule has 1 rings (SSSR count). The van der Waals surface area contributed by atoms with Gasteiger partial charge in [-0.25, -0.2) is 9.97 Å². The molecule has 1 aromatic heterocycles. The third kappa shape index (κ3) is 3.76. The molecule has 0 aliphatic heterocycles. The number of nitrogens with zero attached hydrogens (tertiary/aromatic N) is 2. The molecular weight excluding hydrogens is 260 g/mol. The molecule has 0 aliphatic carbocycles. The van der Waals surface area contributed by atoms with Crippen molar-refractivity contribution in [1.29, 1.82) is 0 Å². The van der Waals surface area contributed by atoms with Crippen molar-refractivity contribution in [2.24, 2.45) is 11.3 Å². The largest absolute Gasteiger partial charge is 0.480 e. The summed E-state index contributed by atoms with van der Waals surface area (Å²) in [6.45, 7) is 5.52. The highest BCUT2D eigenvalue weighted by Gasteiger charge is 2.48. The molecule has 0 aromatic carbocycles. The first-order chi connectivity index (χ1) is 9.42. The van der Waals surface area contributed by atoms with Crippen molar-refractivity contribution in [2.45, 2.75) is 33.6 Å². The van der Waals surface area contributed by atoms with Gasteiger partial charge in [0.1, 0.15) is 5.82 Å². The maximum atomic E-state index is 12.2. The standard InChI is InChI=1S/C14H20N2O4/c1-4-20-13(19)14(12(17)18,8-10(2)3)9-11-15-6-5-7-16-11/h5-7,10H,4,8-9H2,1-3H3,(H,17,18). The number of hydrogen-bond donors (Lipinski definition) is 1. The van der Waals surface area contributed by atoms with Gasteiger partial charge in [-0.1, -0.05) is 13.8 Å². The topological polar surface area (TPSA) is 89.4 Å². The van der Waals surface area contributed by atoms with Crippen LogP contribution in [0.4, 0.5) is 0 Å². The average Bonchev–Trinajstić information content (AvgIpc) is 2.38. The number of hydrogen-bond acceptors (Lipinski definition) is 5. The van der Waals surface area contributed by atoms with E-state index in [1.807, 2.05) is 13.8 Å². The maximum Gasteiger partial charge on any atom is 0.323 e. The second-order valence-corrected chi connectivity index (χ2v) is 5.05. The Bertz CT molecular complexity index is 462. The minimum atomic E-state index is -1.63. The fourth-order valence-corrected chi connectivity index (χ4v) is 2.14. The number of rotatable bonds is 7. The van der Waals surface area contributed by atoms with Crippen molar-refractivity contribution in [1.82, 2.24) is 9.97 Å². The van der Waals surface area contributed by atoms with Crippen molar-refractivity contribution >= 4 is 11.9 Å². The predicted molar refractivity (Wildman–Crippen MR) is 71.9 cm³/mol. The third-order valence-corrected chi connectivity index (χ3v) is 2.91. The molecule has 0 saturated carbocycles. The van der Waals surface area contributed by atoms with Crippen LogP contribution >= 0.6 is 0 Å². The number of ether oxygens (including phenoxy) is 1. The smallest absolute Gasteiger partial charge is 0.323 e. The number of carbonyl (C=O) groups excluding carboxylic acids is 1. The molecule has 0 spiro atoms. The van der Waals surface area contributed by atoms with Crippen LogP contribution in [-0.4, -0.2) is 33.6 Å². The van der Waals surface area contributed by atoms with E-state index >= 15 is 0 Å². The van der Waals surface area contributed by atoms with Crippen LogP contribution in [0.1, 0.15) is 33.0 Å². The number of carbonyl (C=O) groups is 2. The van der Waals surface area contributed by atoms with Crippen LogP contribution in [0, 0.1) is 11.3 Å². The second-order valence-electron chi connectivity index (χ2n) is 5.05. The zero-order valence-corrected chi connectivity index (χ0v) is 12.0. The highest BCUT2D eigenvalue weighted by molar-refractivity contribution is 5.99. The Labute approximate surface area is 118 Å². The number of carboxylic acid groups (broad SMARTS) is 1. The van der Waals surface area contributed by atoms with Crippen LogP contribution < -0.4 is 0 Å². The fraction of sp³-hybridized carbons (Fsp3) is 0.571. The van der Waals surface area contributed by atoms with Gasteiger partial charge in [0.2, 0.25) is 0 Å². The summed E-state index contributed by atoms with van der Waals surface area (Å²) < 4.78 is 4.97. The minimum absolute atomic E-state index is 0.0271. The van der Waals surface area contributed by atoms with Crippen molar-refractivity contribution in [3.8, 4) is 0 Å². The van der Waals surface area contributed by atoms with Crippen LogP contribution in [0.3, 0.4) is 0 Å². The molecule has 1 unspecified atom stereocenters. The van der Waals surface area contributed by atoms with Gasteiger partial charge in [0.15, 0.2) is 5.41 Å². The molecule has 1 heterocycles. The normalized spacial score (nSPS) is 13.8. The first-order valence-electron chi connectivity index (χ1n) is 6.59. The van der Waals surface area contributed by atoms with Gasteiger partial charge >= 0.3 is 11.9 Å². The molecule has 6 heteroatoms. The predicted octanol–water partition coefficient (Wildman–Crippen LogP) is 1.70. The highest BCUT2D eigenvalue weighted by atomic mass is 16.5. The van der Waals surface area contributed by atoms with Gasteiger partial charge in [0.05, 0.1) is 6.61 Å². The molecule has 0 bridgehead atoms. The summed E-state index contributed by atoms with van der Waals surface area (Å²) in [6.07, 6.45) is 3.16. The summed E-state index contributed by atoms with van der Waals surface area (Å²) in [4.78, 5) is 31.9. The van der Waals surface area contributed by atoms with Crippen molar-refractivity contribution in [3.05, 3.63) is 24.3 Å². The lowest BCUT2D eigenvalue weighted by Gasteiger charge is -2.28. The van der Waals surface area contributed by atoms with E-state index in [0.717, 1.165) is 0 Å².